The van der Waals surface area contributed by atoms with Gasteiger partial charge >= 0.3 is 5.97 Å². The van der Waals surface area contributed by atoms with Gasteiger partial charge in [0.15, 0.2) is 0 Å². The number of hydrogen-bond donors (Lipinski definition) is 0. The van der Waals surface area contributed by atoms with E-state index in [0.29, 0.717) is 29.9 Å². The standard InChI is InChI=1S/C33H29NO5/c35-31-29-24-15-16-25(27-18-26(24)27)30(29)32(36)34(31)28(17-20-7-3-1-4-8-20)33(37)39-23-13-11-22(12-14-23)38-19-21-9-5-2-6-10-21/h1-16,24-30H,17-19H2/t24-,25-,26-,27-,28-,29+,30+/m1/s1. The first-order chi connectivity index (χ1) is 19.1. The fourth-order valence-corrected chi connectivity index (χ4v) is 6.93. The normalized spacial score (nSPS) is 28.6. The third-order valence-electron chi connectivity index (χ3n) is 8.84. The minimum atomic E-state index is -1.03. The maximum Gasteiger partial charge on any atom is 0.335 e. The van der Waals surface area contributed by atoms with Gasteiger partial charge < -0.3 is 9.47 Å². The first-order valence-corrected chi connectivity index (χ1v) is 13.7. The van der Waals surface area contributed by atoms with E-state index >= 15 is 0 Å². The van der Waals surface area contributed by atoms with Crippen LogP contribution in [0.2, 0.25) is 0 Å². The number of carbonyl (C=O) groups is 3. The van der Waals surface area contributed by atoms with Crippen LogP contribution in [0.15, 0.2) is 97.1 Å². The number of amides is 2. The minimum absolute atomic E-state index is 0.100. The van der Waals surface area contributed by atoms with Crippen molar-refractivity contribution >= 4 is 17.8 Å². The molecule has 3 fully saturated rings. The number of nitrogens with zero attached hydrogens (tertiary/aromatic N) is 1. The maximum absolute atomic E-state index is 13.8. The van der Waals surface area contributed by atoms with E-state index in [0.717, 1.165) is 17.5 Å². The van der Waals surface area contributed by atoms with Gasteiger partial charge in [-0.3, -0.25) is 14.5 Å². The third-order valence-corrected chi connectivity index (χ3v) is 8.84. The predicted molar refractivity (Wildman–Crippen MR) is 143 cm³/mol. The molecule has 2 amide bonds. The summed E-state index contributed by atoms with van der Waals surface area (Å²) < 4.78 is 11.6. The van der Waals surface area contributed by atoms with Crippen LogP contribution in [-0.4, -0.2) is 28.7 Å². The fourth-order valence-electron chi connectivity index (χ4n) is 6.93. The van der Waals surface area contributed by atoms with Crippen molar-refractivity contribution in [2.75, 3.05) is 0 Å². The second-order valence-corrected chi connectivity index (χ2v) is 11.1. The zero-order valence-corrected chi connectivity index (χ0v) is 21.4. The summed E-state index contributed by atoms with van der Waals surface area (Å²) in [5, 5.41) is 0. The van der Waals surface area contributed by atoms with Crippen LogP contribution in [0, 0.1) is 35.5 Å². The first-order valence-electron chi connectivity index (χ1n) is 13.7. The number of benzene rings is 3. The Morgan fingerprint density at radius 3 is 1.87 bits per heavy atom. The molecule has 6 nitrogen and oxygen atoms in total. The van der Waals surface area contributed by atoms with E-state index in [9.17, 15) is 14.4 Å². The Morgan fingerprint density at radius 1 is 0.744 bits per heavy atom. The van der Waals surface area contributed by atoms with Crippen molar-refractivity contribution in [1.29, 1.82) is 0 Å². The van der Waals surface area contributed by atoms with Gasteiger partial charge in [-0.05, 0) is 65.5 Å². The van der Waals surface area contributed by atoms with E-state index in [4.69, 9.17) is 9.47 Å². The summed E-state index contributed by atoms with van der Waals surface area (Å²) in [4.78, 5) is 42.4. The highest BCUT2D eigenvalue weighted by molar-refractivity contribution is 6.09. The van der Waals surface area contributed by atoms with Gasteiger partial charge in [-0.15, -0.1) is 0 Å². The SMILES string of the molecule is O=C(Oc1ccc(OCc2ccccc2)cc1)[C@@H](Cc1ccccc1)N1C(=O)[C@H]2[C@@H]3C=C[C@H]([C@H]4C[C@H]34)[C@@H]2C1=O. The van der Waals surface area contributed by atoms with Crippen LogP contribution in [0.4, 0.5) is 0 Å². The molecule has 3 aromatic rings. The summed E-state index contributed by atoms with van der Waals surface area (Å²) in [6.45, 7) is 0.430. The molecule has 4 aliphatic carbocycles. The van der Waals surface area contributed by atoms with Crippen molar-refractivity contribution in [3.8, 4) is 11.5 Å². The molecule has 0 N–H and O–H groups in total. The average molecular weight is 520 g/mol. The number of ether oxygens (including phenoxy) is 2. The Morgan fingerprint density at radius 2 is 1.28 bits per heavy atom. The molecule has 7 atom stereocenters. The lowest BCUT2D eigenvalue weighted by Gasteiger charge is -2.37. The number of allylic oxidation sites excluding steroid dienone is 2. The molecular formula is C33H29NO5. The molecule has 0 aromatic heterocycles. The van der Waals surface area contributed by atoms with Crippen LogP contribution in [0.5, 0.6) is 11.5 Å². The lowest BCUT2D eigenvalue weighted by atomic mass is 9.63. The molecule has 1 heterocycles. The lowest BCUT2D eigenvalue weighted by molar-refractivity contribution is -0.153. The summed E-state index contributed by atoms with van der Waals surface area (Å²) in [5.41, 5.74) is 1.92. The van der Waals surface area contributed by atoms with E-state index in [2.05, 4.69) is 12.2 Å². The highest BCUT2D eigenvalue weighted by Crippen LogP contribution is 2.65. The van der Waals surface area contributed by atoms with Gasteiger partial charge in [0.1, 0.15) is 24.1 Å². The highest BCUT2D eigenvalue weighted by atomic mass is 16.5. The molecule has 0 unspecified atom stereocenters. The van der Waals surface area contributed by atoms with E-state index in [1.165, 1.54) is 4.90 Å². The van der Waals surface area contributed by atoms with Crippen molar-refractivity contribution in [1.82, 2.24) is 4.90 Å². The van der Waals surface area contributed by atoms with E-state index in [1.54, 1.807) is 24.3 Å². The van der Waals surface area contributed by atoms with Crippen LogP contribution >= 0.6 is 0 Å². The van der Waals surface area contributed by atoms with Crippen molar-refractivity contribution < 1.29 is 23.9 Å². The topological polar surface area (TPSA) is 72.9 Å². The monoisotopic (exact) mass is 519 g/mol. The van der Waals surface area contributed by atoms with Gasteiger partial charge in [0, 0.05) is 6.42 Å². The van der Waals surface area contributed by atoms with Gasteiger partial charge in [0.2, 0.25) is 11.8 Å². The zero-order valence-electron chi connectivity index (χ0n) is 21.4. The fraction of sp³-hybridized carbons (Fsp3) is 0.303. The Bertz CT molecular complexity index is 1400. The average Bonchev–Trinajstić information content (AvgIpc) is 3.76. The van der Waals surface area contributed by atoms with Gasteiger partial charge in [0.05, 0.1) is 11.8 Å². The first kappa shape index (κ1) is 23.9. The summed E-state index contributed by atoms with van der Waals surface area (Å²) in [5.74, 6) is 0.412. The third kappa shape index (κ3) is 4.24. The molecule has 196 valence electrons. The summed E-state index contributed by atoms with van der Waals surface area (Å²) >= 11 is 0. The minimum Gasteiger partial charge on any atom is -0.489 e. The molecule has 8 rings (SSSR count). The second-order valence-electron chi connectivity index (χ2n) is 11.1. The van der Waals surface area contributed by atoms with E-state index < -0.39 is 12.0 Å². The molecule has 0 spiro atoms. The van der Waals surface area contributed by atoms with E-state index in [1.807, 2.05) is 60.7 Å². The smallest absolute Gasteiger partial charge is 0.335 e. The number of esters is 1. The van der Waals surface area contributed by atoms with Gasteiger partial charge in [-0.25, -0.2) is 4.79 Å². The number of likely N-dealkylation sites (tertiary alicyclic amines) is 1. The molecule has 3 aromatic carbocycles. The number of carbonyl (C=O) groups excluding carboxylic acids is 3. The summed E-state index contributed by atoms with van der Waals surface area (Å²) in [6.07, 6.45) is 5.59. The zero-order chi connectivity index (χ0) is 26.5. The molecule has 0 radical (unpaired) electrons. The Labute approximate surface area is 227 Å². The number of hydrogen-bond acceptors (Lipinski definition) is 5. The molecule has 1 aliphatic heterocycles. The molecular weight excluding hydrogens is 490 g/mol. The van der Waals surface area contributed by atoms with Crippen molar-refractivity contribution in [2.45, 2.75) is 25.5 Å². The molecule has 1 saturated heterocycles. The second kappa shape index (κ2) is 9.53. The van der Waals surface area contributed by atoms with Crippen LogP contribution in [0.1, 0.15) is 17.5 Å². The Kier molecular flexibility index (Phi) is 5.84. The molecule has 5 aliphatic rings. The lowest BCUT2D eigenvalue weighted by Crippen LogP contribution is -2.48. The van der Waals surface area contributed by atoms with E-state index in [-0.39, 0.29) is 41.9 Å². The van der Waals surface area contributed by atoms with Crippen LogP contribution in [-0.2, 0) is 27.4 Å². The predicted octanol–water partition coefficient (Wildman–Crippen LogP) is 4.84. The molecule has 2 bridgehead atoms. The quantitative estimate of drug-likeness (QED) is 0.184. The summed E-state index contributed by atoms with van der Waals surface area (Å²) in [7, 11) is 0. The number of imide groups is 1. The van der Waals surface area contributed by atoms with Crippen molar-refractivity contribution in [3.05, 3.63) is 108 Å². The van der Waals surface area contributed by atoms with Gasteiger partial charge in [-0.2, -0.15) is 0 Å². The van der Waals surface area contributed by atoms with Crippen molar-refractivity contribution in [2.24, 2.45) is 35.5 Å². The number of rotatable bonds is 8. The summed E-state index contributed by atoms with van der Waals surface area (Å²) in [6, 6.07) is 25.1. The highest BCUT2D eigenvalue weighted by Gasteiger charge is 2.68. The van der Waals surface area contributed by atoms with Crippen molar-refractivity contribution in [3.63, 3.8) is 0 Å². The van der Waals surface area contributed by atoms with Crippen LogP contribution < -0.4 is 9.47 Å². The largest absolute Gasteiger partial charge is 0.489 e. The molecule has 2 saturated carbocycles. The van der Waals surface area contributed by atoms with Gasteiger partial charge in [-0.1, -0.05) is 72.8 Å². The Hall–Kier alpha value is -4.19. The maximum atomic E-state index is 13.8. The van der Waals surface area contributed by atoms with Gasteiger partial charge in [0.25, 0.3) is 0 Å². The van der Waals surface area contributed by atoms with Crippen LogP contribution in [0.25, 0.3) is 0 Å². The Balaban J connectivity index is 1.10. The molecule has 39 heavy (non-hydrogen) atoms. The van der Waals surface area contributed by atoms with Crippen LogP contribution in [0.3, 0.4) is 0 Å². The molecule has 6 heteroatoms.